The van der Waals surface area contributed by atoms with Crippen LogP contribution in [-0.4, -0.2) is 67.2 Å². The molecule has 1 amide bonds. The van der Waals surface area contributed by atoms with E-state index in [0.717, 1.165) is 39.1 Å². The summed E-state index contributed by atoms with van der Waals surface area (Å²) in [5.41, 5.74) is 1.65. The molecule has 0 spiro atoms. The van der Waals surface area contributed by atoms with Crippen LogP contribution in [0.5, 0.6) is 0 Å². The molecule has 0 aliphatic carbocycles. The number of aryl methyl sites for hydroxylation is 1. The maximum Gasteiger partial charge on any atom is 0.257 e. The van der Waals surface area contributed by atoms with E-state index in [1.54, 1.807) is 13.0 Å². The third-order valence-electron chi connectivity index (χ3n) is 4.75. The van der Waals surface area contributed by atoms with Crippen molar-refractivity contribution in [1.82, 2.24) is 20.3 Å². The van der Waals surface area contributed by atoms with Crippen LogP contribution in [0.1, 0.15) is 22.5 Å². The summed E-state index contributed by atoms with van der Waals surface area (Å²) >= 11 is 6.25. The van der Waals surface area contributed by atoms with Crippen LogP contribution < -0.4 is 5.32 Å². The Bertz CT molecular complexity index is 754. The number of nitrogens with one attached hydrogen (secondary N) is 1. The van der Waals surface area contributed by atoms with Gasteiger partial charge in [0.1, 0.15) is 17.0 Å². The quantitative estimate of drug-likeness (QED) is 0.785. The van der Waals surface area contributed by atoms with Crippen molar-refractivity contribution >= 4 is 17.5 Å². The van der Waals surface area contributed by atoms with Gasteiger partial charge in [-0.05, 0) is 33.0 Å². The zero-order valence-corrected chi connectivity index (χ0v) is 16.1. The number of nitrogens with zero attached hydrogens (tertiary/aromatic N) is 3. The summed E-state index contributed by atoms with van der Waals surface area (Å²) in [4.78, 5) is 17.4. The summed E-state index contributed by atoms with van der Waals surface area (Å²) in [6.07, 6.45) is 0.918. The Morgan fingerprint density at radius 2 is 2.00 bits per heavy atom. The van der Waals surface area contributed by atoms with Crippen LogP contribution in [0.4, 0.5) is 0 Å². The first-order valence-electron chi connectivity index (χ1n) is 8.96. The standard InChI is InChI=1S/C19H25ClN4O2/c1-14-17(18(22-26-14)15-6-3-4-7-16(15)20)19(25)21-8-5-9-24-12-10-23(2)11-13-24/h3-4,6-7H,5,8-13H2,1-2H3,(H,21,25). The van der Waals surface area contributed by atoms with Crippen molar-refractivity contribution < 1.29 is 9.32 Å². The minimum absolute atomic E-state index is 0.169. The van der Waals surface area contributed by atoms with Gasteiger partial charge in [-0.3, -0.25) is 4.79 Å². The van der Waals surface area contributed by atoms with E-state index in [4.69, 9.17) is 16.1 Å². The zero-order chi connectivity index (χ0) is 18.5. The molecule has 0 saturated carbocycles. The summed E-state index contributed by atoms with van der Waals surface area (Å²) < 4.78 is 5.26. The molecular formula is C19H25ClN4O2. The van der Waals surface area contributed by atoms with Crippen molar-refractivity contribution in [2.45, 2.75) is 13.3 Å². The van der Waals surface area contributed by atoms with Crippen molar-refractivity contribution in [1.29, 1.82) is 0 Å². The summed E-state index contributed by atoms with van der Waals surface area (Å²) in [7, 11) is 2.15. The van der Waals surface area contributed by atoms with Crippen LogP contribution >= 0.6 is 11.6 Å². The second kappa shape index (κ2) is 8.66. The number of piperazine rings is 1. The molecule has 26 heavy (non-hydrogen) atoms. The smallest absolute Gasteiger partial charge is 0.257 e. The third-order valence-corrected chi connectivity index (χ3v) is 5.08. The Kier molecular flexibility index (Phi) is 6.29. The second-order valence-corrected chi connectivity index (χ2v) is 7.10. The Morgan fingerprint density at radius 3 is 2.73 bits per heavy atom. The molecule has 0 bridgehead atoms. The van der Waals surface area contributed by atoms with E-state index in [9.17, 15) is 4.79 Å². The molecule has 140 valence electrons. The molecule has 1 fully saturated rings. The minimum Gasteiger partial charge on any atom is -0.360 e. The van der Waals surface area contributed by atoms with Gasteiger partial charge in [0.15, 0.2) is 0 Å². The van der Waals surface area contributed by atoms with Crippen molar-refractivity contribution in [2.75, 3.05) is 46.3 Å². The fourth-order valence-corrected chi connectivity index (χ4v) is 3.37. The van der Waals surface area contributed by atoms with Gasteiger partial charge in [0.25, 0.3) is 5.91 Å². The fourth-order valence-electron chi connectivity index (χ4n) is 3.14. The lowest BCUT2D eigenvalue weighted by molar-refractivity contribution is 0.0948. The maximum atomic E-state index is 12.7. The van der Waals surface area contributed by atoms with Gasteiger partial charge in [0, 0.05) is 38.3 Å². The highest BCUT2D eigenvalue weighted by molar-refractivity contribution is 6.33. The number of halogens is 1. The van der Waals surface area contributed by atoms with Gasteiger partial charge in [-0.15, -0.1) is 0 Å². The molecule has 0 unspecified atom stereocenters. The van der Waals surface area contributed by atoms with Crippen LogP contribution in [0.25, 0.3) is 11.3 Å². The Hall–Kier alpha value is -1.89. The average molecular weight is 377 g/mol. The first-order valence-corrected chi connectivity index (χ1v) is 9.34. The van der Waals surface area contributed by atoms with Gasteiger partial charge in [-0.1, -0.05) is 35.0 Å². The maximum absolute atomic E-state index is 12.7. The lowest BCUT2D eigenvalue weighted by Crippen LogP contribution is -2.45. The number of amides is 1. The van der Waals surface area contributed by atoms with Crippen molar-refractivity contribution in [2.24, 2.45) is 0 Å². The van der Waals surface area contributed by atoms with E-state index in [0.29, 0.717) is 34.1 Å². The highest BCUT2D eigenvalue weighted by Gasteiger charge is 2.22. The number of carbonyl (C=O) groups is 1. The molecule has 1 N–H and O–H groups in total. The minimum atomic E-state index is -0.169. The molecule has 1 aliphatic heterocycles. The van der Waals surface area contributed by atoms with Gasteiger partial charge < -0.3 is 19.6 Å². The van der Waals surface area contributed by atoms with E-state index < -0.39 is 0 Å². The van der Waals surface area contributed by atoms with Crippen LogP contribution in [0.3, 0.4) is 0 Å². The van der Waals surface area contributed by atoms with Crippen molar-refractivity contribution in [3.63, 3.8) is 0 Å². The van der Waals surface area contributed by atoms with Crippen LogP contribution in [0.2, 0.25) is 5.02 Å². The van der Waals surface area contributed by atoms with Crippen LogP contribution in [-0.2, 0) is 0 Å². The highest BCUT2D eigenvalue weighted by Crippen LogP contribution is 2.30. The molecular weight excluding hydrogens is 352 g/mol. The van der Waals surface area contributed by atoms with E-state index in [1.165, 1.54) is 0 Å². The second-order valence-electron chi connectivity index (χ2n) is 6.70. The molecule has 3 rings (SSSR count). The van der Waals surface area contributed by atoms with Gasteiger partial charge >= 0.3 is 0 Å². The molecule has 2 aromatic rings. The van der Waals surface area contributed by atoms with E-state index in [1.807, 2.05) is 18.2 Å². The van der Waals surface area contributed by atoms with Crippen LogP contribution in [0.15, 0.2) is 28.8 Å². The number of likely N-dealkylation sites (N-methyl/N-ethyl adjacent to an activating group) is 1. The largest absolute Gasteiger partial charge is 0.360 e. The number of aromatic nitrogens is 1. The lowest BCUT2D eigenvalue weighted by Gasteiger charge is -2.32. The van der Waals surface area contributed by atoms with E-state index >= 15 is 0 Å². The summed E-state index contributed by atoms with van der Waals surface area (Å²) in [6, 6.07) is 7.32. The fraction of sp³-hybridized carbons (Fsp3) is 0.474. The molecule has 2 heterocycles. The van der Waals surface area contributed by atoms with E-state index in [-0.39, 0.29) is 5.91 Å². The van der Waals surface area contributed by atoms with E-state index in [2.05, 4.69) is 27.3 Å². The van der Waals surface area contributed by atoms with Gasteiger partial charge in [-0.25, -0.2) is 0 Å². The number of benzene rings is 1. The molecule has 1 saturated heterocycles. The zero-order valence-electron chi connectivity index (χ0n) is 15.3. The van der Waals surface area contributed by atoms with Crippen molar-refractivity contribution in [3.05, 3.63) is 40.6 Å². The normalized spacial score (nSPS) is 16.0. The Balaban J connectivity index is 1.57. The van der Waals surface area contributed by atoms with Crippen LogP contribution in [0, 0.1) is 6.92 Å². The number of hydrogen-bond donors (Lipinski definition) is 1. The molecule has 1 aliphatic rings. The summed E-state index contributed by atoms with van der Waals surface area (Å²) in [5.74, 6) is 0.327. The predicted molar refractivity (Wildman–Crippen MR) is 103 cm³/mol. The summed E-state index contributed by atoms with van der Waals surface area (Å²) in [6.45, 7) is 7.75. The van der Waals surface area contributed by atoms with Gasteiger partial charge in [0.05, 0.1) is 5.02 Å². The predicted octanol–water partition coefficient (Wildman–Crippen LogP) is 2.67. The average Bonchev–Trinajstić information content (AvgIpc) is 3.02. The highest BCUT2D eigenvalue weighted by atomic mass is 35.5. The number of rotatable bonds is 6. The molecule has 6 nitrogen and oxygen atoms in total. The Morgan fingerprint density at radius 1 is 1.27 bits per heavy atom. The van der Waals surface area contributed by atoms with Gasteiger partial charge in [-0.2, -0.15) is 0 Å². The molecule has 7 heteroatoms. The van der Waals surface area contributed by atoms with Gasteiger partial charge in [0.2, 0.25) is 0 Å². The SMILES string of the molecule is Cc1onc(-c2ccccc2Cl)c1C(=O)NCCCN1CCN(C)CC1. The summed E-state index contributed by atoms with van der Waals surface area (Å²) in [5, 5.41) is 7.57. The third kappa shape index (κ3) is 4.44. The van der Waals surface area contributed by atoms with Crippen molar-refractivity contribution in [3.8, 4) is 11.3 Å². The first-order chi connectivity index (χ1) is 12.6. The monoisotopic (exact) mass is 376 g/mol. The molecule has 1 aromatic heterocycles. The molecule has 0 radical (unpaired) electrons. The number of carbonyl (C=O) groups excluding carboxylic acids is 1. The molecule has 1 aromatic carbocycles. The first kappa shape index (κ1) is 18.9. The Labute approximate surface area is 159 Å². The topological polar surface area (TPSA) is 61.6 Å². The lowest BCUT2D eigenvalue weighted by atomic mass is 10.1. The molecule has 0 atom stereocenters. The number of hydrogen-bond acceptors (Lipinski definition) is 5.